The third kappa shape index (κ3) is 3.42. The number of nitrogens with zero attached hydrogens (tertiary/aromatic N) is 3. The summed E-state index contributed by atoms with van der Waals surface area (Å²) in [7, 11) is 0. The summed E-state index contributed by atoms with van der Waals surface area (Å²) in [6.07, 6.45) is 3.33. The summed E-state index contributed by atoms with van der Waals surface area (Å²) in [4.78, 5) is 21.0. The van der Waals surface area contributed by atoms with E-state index in [4.69, 9.17) is 0 Å². The number of rotatable bonds is 6. The van der Waals surface area contributed by atoms with Gasteiger partial charge in [-0.15, -0.1) is 0 Å². The minimum atomic E-state index is -0.418. The maximum absolute atomic E-state index is 13.2. The van der Waals surface area contributed by atoms with Crippen molar-refractivity contribution >= 4 is 17.1 Å². The molecule has 0 spiro atoms. The summed E-state index contributed by atoms with van der Waals surface area (Å²) < 4.78 is 15.3. The molecule has 0 aliphatic rings. The van der Waals surface area contributed by atoms with Gasteiger partial charge in [-0.05, 0) is 36.8 Å². The molecule has 1 N–H and O–H groups in total. The average molecular weight is 326 g/mol. The van der Waals surface area contributed by atoms with Gasteiger partial charge < -0.3 is 9.88 Å². The molecule has 2 heterocycles. The number of halogens is 1. The zero-order valence-electron chi connectivity index (χ0n) is 13.5. The van der Waals surface area contributed by atoms with Crippen LogP contribution in [0.1, 0.15) is 29.5 Å². The number of aryl methyl sites for hydroxylation is 1. The summed E-state index contributed by atoms with van der Waals surface area (Å²) in [5, 5.41) is 2.81. The number of hydrogen-bond donors (Lipinski definition) is 1. The molecule has 0 aliphatic carbocycles. The van der Waals surface area contributed by atoms with E-state index < -0.39 is 5.82 Å². The number of hydrogen-bond acceptors (Lipinski definition) is 3. The topological polar surface area (TPSA) is 59.8 Å². The first-order valence-corrected chi connectivity index (χ1v) is 8.03. The van der Waals surface area contributed by atoms with Gasteiger partial charge in [-0.2, -0.15) is 0 Å². The minimum Gasteiger partial charge on any atom is -0.352 e. The van der Waals surface area contributed by atoms with Gasteiger partial charge in [-0.3, -0.25) is 4.79 Å². The first-order chi connectivity index (χ1) is 11.7. The van der Waals surface area contributed by atoms with Crippen LogP contribution in [-0.4, -0.2) is 27.0 Å². The first-order valence-electron chi connectivity index (χ1n) is 8.03. The zero-order chi connectivity index (χ0) is 16.9. The highest BCUT2D eigenvalue weighted by atomic mass is 19.1. The molecule has 2 aromatic heterocycles. The molecule has 3 aromatic rings. The smallest absolute Gasteiger partial charge is 0.251 e. The molecule has 0 atom stereocenters. The van der Waals surface area contributed by atoms with E-state index >= 15 is 0 Å². The fourth-order valence-corrected chi connectivity index (χ4v) is 2.67. The van der Waals surface area contributed by atoms with E-state index in [-0.39, 0.29) is 5.91 Å². The van der Waals surface area contributed by atoms with Gasteiger partial charge in [-0.25, -0.2) is 14.4 Å². The molecule has 0 bridgehead atoms. The van der Waals surface area contributed by atoms with Gasteiger partial charge in [-0.1, -0.05) is 13.0 Å². The van der Waals surface area contributed by atoms with Crippen LogP contribution in [-0.2, 0) is 13.0 Å². The molecular formula is C18H19FN4O. The Labute approximate surface area is 139 Å². The molecule has 6 heteroatoms. The van der Waals surface area contributed by atoms with E-state index in [0.29, 0.717) is 18.5 Å². The molecule has 0 aliphatic heterocycles. The van der Waals surface area contributed by atoms with Gasteiger partial charge in [0.05, 0.1) is 0 Å². The van der Waals surface area contributed by atoms with E-state index in [1.165, 1.54) is 18.2 Å². The number of fused-ring (bicyclic) bond motifs is 1. The average Bonchev–Trinajstić information content (AvgIpc) is 2.93. The van der Waals surface area contributed by atoms with E-state index in [0.717, 1.165) is 30.0 Å². The van der Waals surface area contributed by atoms with Crippen molar-refractivity contribution in [1.29, 1.82) is 0 Å². The standard InChI is InChI=1S/C18H19FN4O/c1-2-11-23-16(22-15-7-4-9-20-17(15)23)8-10-21-18(24)13-5-3-6-14(19)12-13/h3-7,9,12H,2,8,10-11H2,1H3,(H,21,24). The monoisotopic (exact) mass is 326 g/mol. The number of pyridine rings is 1. The lowest BCUT2D eigenvalue weighted by Gasteiger charge is -2.08. The number of imidazole rings is 1. The SMILES string of the molecule is CCCn1c(CCNC(=O)c2cccc(F)c2)nc2cccnc21. The molecule has 124 valence electrons. The molecule has 3 rings (SSSR count). The molecule has 1 amide bonds. The Balaban J connectivity index is 1.69. The highest BCUT2D eigenvalue weighted by Gasteiger charge is 2.12. The second kappa shape index (κ2) is 7.21. The van der Waals surface area contributed by atoms with Gasteiger partial charge in [0.2, 0.25) is 0 Å². The van der Waals surface area contributed by atoms with Crippen molar-refractivity contribution in [2.24, 2.45) is 0 Å². The molecule has 0 saturated heterocycles. The highest BCUT2D eigenvalue weighted by Crippen LogP contribution is 2.14. The molecule has 0 fully saturated rings. The summed E-state index contributed by atoms with van der Waals surface area (Å²) in [6, 6.07) is 9.46. The molecule has 1 aromatic carbocycles. The largest absolute Gasteiger partial charge is 0.352 e. The molecule has 24 heavy (non-hydrogen) atoms. The number of aromatic nitrogens is 3. The maximum atomic E-state index is 13.2. The first kappa shape index (κ1) is 16.1. The minimum absolute atomic E-state index is 0.286. The summed E-state index contributed by atoms with van der Waals surface area (Å²) >= 11 is 0. The van der Waals surface area contributed by atoms with Crippen LogP contribution < -0.4 is 5.32 Å². The molecule has 5 nitrogen and oxygen atoms in total. The number of nitrogens with one attached hydrogen (secondary N) is 1. The highest BCUT2D eigenvalue weighted by molar-refractivity contribution is 5.94. The normalized spacial score (nSPS) is 10.9. The quantitative estimate of drug-likeness (QED) is 0.757. The van der Waals surface area contributed by atoms with Gasteiger partial charge >= 0.3 is 0 Å². The van der Waals surface area contributed by atoms with Gasteiger partial charge in [0.1, 0.15) is 17.2 Å². The molecular weight excluding hydrogens is 307 g/mol. The number of carbonyl (C=O) groups is 1. The second-order valence-electron chi connectivity index (χ2n) is 5.54. The van der Waals surface area contributed by atoms with Crippen molar-refractivity contribution in [2.75, 3.05) is 6.54 Å². The van der Waals surface area contributed by atoms with Crippen LogP contribution in [0.15, 0.2) is 42.6 Å². The van der Waals surface area contributed by atoms with Crippen molar-refractivity contribution < 1.29 is 9.18 Å². The van der Waals surface area contributed by atoms with E-state index in [2.05, 4.69) is 26.8 Å². The van der Waals surface area contributed by atoms with Crippen LogP contribution in [0.25, 0.3) is 11.2 Å². The van der Waals surface area contributed by atoms with E-state index in [1.807, 2.05) is 12.1 Å². The predicted molar refractivity (Wildman–Crippen MR) is 90.3 cm³/mol. The molecule has 0 saturated carbocycles. The fraction of sp³-hybridized carbons (Fsp3) is 0.278. The Kier molecular flexibility index (Phi) is 4.84. The summed E-state index contributed by atoms with van der Waals surface area (Å²) in [5.74, 6) is 0.189. The molecule has 0 radical (unpaired) electrons. The lowest BCUT2D eigenvalue weighted by atomic mass is 10.2. The van der Waals surface area contributed by atoms with Crippen LogP contribution in [0.3, 0.4) is 0 Å². The second-order valence-corrected chi connectivity index (χ2v) is 5.54. The van der Waals surface area contributed by atoms with Crippen LogP contribution in [0.5, 0.6) is 0 Å². The Morgan fingerprint density at radius 2 is 2.17 bits per heavy atom. The van der Waals surface area contributed by atoms with Gasteiger partial charge in [0.25, 0.3) is 5.91 Å². The van der Waals surface area contributed by atoms with Gasteiger partial charge in [0.15, 0.2) is 5.65 Å². The molecule has 0 unspecified atom stereocenters. The number of amides is 1. The third-order valence-electron chi connectivity index (χ3n) is 3.75. The van der Waals surface area contributed by atoms with Crippen molar-refractivity contribution in [1.82, 2.24) is 19.9 Å². The van der Waals surface area contributed by atoms with Crippen molar-refractivity contribution in [2.45, 2.75) is 26.3 Å². The van der Waals surface area contributed by atoms with Gasteiger partial charge in [0, 0.05) is 31.3 Å². The van der Waals surface area contributed by atoms with Crippen LogP contribution in [0.4, 0.5) is 4.39 Å². The van der Waals surface area contributed by atoms with Crippen molar-refractivity contribution in [3.8, 4) is 0 Å². The Morgan fingerprint density at radius 1 is 1.29 bits per heavy atom. The van der Waals surface area contributed by atoms with Crippen LogP contribution >= 0.6 is 0 Å². The van der Waals surface area contributed by atoms with E-state index in [9.17, 15) is 9.18 Å². The third-order valence-corrected chi connectivity index (χ3v) is 3.75. The summed E-state index contributed by atoms with van der Waals surface area (Å²) in [5.41, 5.74) is 2.04. The Bertz CT molecular complexity index is 859. The number of carbonyl (C=O) groups excluding carboxylic acids is 1. The Hall–Kier alpha value is -2.76. The summed E-state index contributed by atoms with van der Waals surface area (Å²) in [6.45, 7) is 3.37. The van der Waals surface area contributed by atoms with Crippen molar-refractivity contribution in [3.05, 3.63) is 59.8 Å². The Morgan fingerprint density at radius 3 is 2.96 bits per heavy atom. The number of benzene rings is 1. The van der Waals surface area contributed by atoms with Crippen molar-refractivity contribution in [3.63, 3.8) is 0 Å². The zero-order valence-corrected chi connectivity index (χ0v) is 13.5. The van der Waals surface area contributed by atoms with Crippen LogP contribution in [0, 0.1) is 5.82 Å². The lowest BCUT2D eigenvalue weighted by molar-refractivity contribution is 0.0953. The fourth-order valence-electron chi connectivity index (χ4n) is 2.67. The van der Waals surface area contributed by atoms with Crippen LogP contribution in [0.2, 0.25) is 0 Å². The maximum Gasteiger partial charge on any atom is 0.251 e. The van der Waals surface area contributed by atoms with E-state index in [1.54, 1.807) is 12.3 Å². The predicted octanol–water partition coefficient (Wildman–Crippen LogP) is 2.95. The lowest BCUT2D eigenvalue weighted by Crippen LogP contribution is -2.26.